The fraction of sp³-hybridized carbons (Fsp3) is 0.733. The average molecular weight is 278 g/mol. The van der Waals surface area contributed by atoms with E-state index in [1.165, 1.54) is 0 Å². The van der Waals surface area contributed by atoms with Crippen LogP contribution < -0.4 is 5.73 Å². The third-order valence-electron chi connectivity index (χ3n) is 4.21. The Hall–Kier alpha value is -1.36. The molecule has 1 unspecified atom stereocenters. The number of carbonyl (C=O) groups is 1. The third-order valence-corrected chi connectivity index (χ3v) is 4.21. The topological polar surface area (TPSA) is 64.2 Å². The minimum Gasteiger partial charge on any atom is -0.338 e. The molecule has 0 spiro atoms. The van der Waals surface area contributed by atoms with Crippen molar-refractivity contribution in [3.05, 3.63) is 18.5 Å². The number of rotatable bonds is 5. The van der Waals surface area contributed by atoms with Gasteiger partial charge in [0.2, 0.25) is 5.91 Å². The molecule has 0 bridgehead atoms. The second-order valence-corrected chi connectivity index (χ2v) is 5.76. The van der Waals surface area contributed by atoms with Gasteiger partial charge in [0.15, 0.2) is 0 Å². The van der Waals surface area contributed by atoms with E-state index in [9.17, 15) is 4.79 Å². The molecule has 1 aliphatic rings. The maximum absolute atomic E-state index is 12.7. The maximum Gasteiger partial charge on any atom is 0.247 e. The molecule has 1 amide bonds. The molecule has 1 aliphatic carbocycles. The fourth-order valence-electron chi connectivity index (χ4n) is 2.99. The molecular formula is C15H26N4O. The number of aromatic nitrogens is 2. The first kappa shape index (κ1) is 15.0. The quantitative estimate of drug-likeness (QED) is 0.895. The summed E-state index contributed by atoms with van der Waals surface area (Å²) in [5.74, 6) is 0.177. The molecule has 112 valence electrons. The van der Waals surface area contributed by atoms with Crippen LogP contribution in [0.15, 0.2) is 18.5 Å². The highest BCUT2D eigenvalue weighted by atomic mass is 16.2. The standard InChI is InChI=1S/C15H26N4O/c1-3-10-18(14-7-5-13(16)6-8-14)15(20)12(2)19-11-4-9-17-19/h4,9,11-14H,3,5-8,10,16H2,1-2H3. The predicted molar refractivity (Wildman–Crippen MR) is 79.2 cm³/mol. The van der Waals surface area contributed by atoms with Gasteiger partial charge >= 0.3 is 0 Å². The molecule has 5 heteroatoms. The van der Waals surface area contributed by atoms with E-state index >= 15 is 0 Å². The van der Waals surface area contributed by atoms with Crippen molar-refractivity contribution in [3.8, 4) is 0 Å². The van der Waals surface area contributed by atoms with Gasteiger partial charge in [0.1, 0.15) is 6.04 Å². The first-order chi connectivity index (χ1) is 9.63. The zero-order valence-electron chi connectivity index (χ0n) is 12.5. The predicted octanol–water partition coefficient (Wildman–Crippen LogP) is 1.95. The minimum atomic E-state index is -0.229. The van der Waals surface area contributed by atoms with Crippen molar-refractivity contribution in [3.63, 3.8) is 0 Å². The molecular weight excluding hydrogens is 252 g/mol. The summed E-state index contributed by atoms with van der Waals surface area (Å²) < 4.78 is 1.74. The number of amides is 1. The molecule has 0 aliphatic heterocycles. The van der Waals surface area contributed by atoms with Gasteiger partial charge < -0.3 is 10.6 Å². The molecule has 5 nitrogen and oxygen atoms in total. The molecule has 1 heterocycles. The summed E-state index contributed by atoms with van der Waals surface area (Å²) in [7, 11) is 0. The monoisotopic (exact) mass is 278 g/mol. The lowest BCUT2D eigenvalue weighted by Crippen LogP contribution is -2.47. The summed E-state index contributed by atoms with van der Waals surface area (Å²) in [4.78, 5) is 14.8. The lowest BCUT2D eigenvalue weighted by atomic mass is 9.90. The van der Waals surface area contributed by atoms with E-state index < -0.39 is 0 Å². The minimum absolute atomic E-state index is 0.177. The molecule has 0 saturated heterocycles. The largest absolute Gasteiger partial charge is 0.338 e. The van der Waals surface area contributed by atoms with Gasteiger partial charge in [-0.1, -0.05) is 6.92 Å². The number of nitrogens with two attached hydrogens (primary N) is 1. The molecule has 2 N–H and O–H groups in total. The SMILES string of the molecule is CCCN(C(=O)C(C)n1cccn1)C1CCC(N)CC1. The van der Waals surface area contributed by atoms with Crippen LogP contribution in [0.5, 0.6) is 0 Å². The molecule has 2 rings (SSSR count). The van der Waals surface area contributed by atoms with E-state index in [0.717, 1.165) is 38.6 Å². The Morgan fingerprint density at radius 3 is 2.70 bits per heavy atom. The van der Waals surface area contributed by atoms with Crippen LogP contribution in [0.1, 0.15) is 52.0 Å². The van der Waals surface area contributed by atoms with Crippen LogP contribution >= 0.6 is 0 Å². The van der Waals surface area contributed by atoms with Gasteiger partial charge in [-0.25, -0.2) is 0 Å². The maximum atomic E-state index is 12.7. The first-order valence-corrected chi connectivity index (χ1v) is 7.68. The summed E-state index contributed by atoms with van der Waals surface area (Å²) in [5.41, 5.74) is 5.97. The number of carbonyl (C=O) groups excluding carboxylic acids is 1. The second-order valence-electron chi connectivity index (χ2n) is 5.76. The number of hydrogen-bond acceptors (Lipinski definition) is 3. The van der Waals surface area contributed by atoms with Crippen molar-refractivity contribution in [1.29, 1.82) is 0 Å². The van der Waals surface area contributed by atoms with Gasteiger partial charge in [-0.05, 0) is 45.1 Å². The Balaban J connectivity index is 2.05. The summed E-state index contributed by atoms with van der Waals surface area (Å²) in [6.45, 7) is 4.87. The van der Waals surface area contributed by atoms with Crippen LogP contribution in [0.4, 0.5) is 0 Å². The third kappa shape index (κ3) is 3.39. The molecule has 1 aromatic rings. The van der Waals surface area contributed by atoms with E-state index in [1.54, 1.807) is 10.9 Å². The van der Waals surface area contributed by atoms with Gasteiger partial charge in [-0.3, -0.25) is 9.48 Å². The zero-order chi connectivity index (χ0) is 14.5. The fourth-order valence-corrected chi connectivity index (χ4v) is 2.99. The van der Waals surface area contributed by atoms with Gasteiger partial charge in [-0.15, -0.1) is 0 Å². The molecule has 0 radical (unpaired) electrons. The van der Waals surface area contributed by atoms with Crippen LogP contribution in [-0.2, 0) is 4.79 Å². The van der Waals surface area contributed by atoms with Gasteiger partial charge in [0, 0.05) is 31.0 Å². The van der Waals surface area contributed by atoms with Crippen LogP contribution in [0.2, 0.25) is 0 Å². The van der Waals surface area contributed by atoms with Crippen LogP contribution in [-0.4, -0.2) is 39.2 Å². The van der Waals surface area contributed by atoms with Crippen LogP contribution in [0.3, 0.4) is 0 Å². The van der Waals surface area contributed by atoms with E-state index in [1.807, 2.05) is 19.2 Å². The highest BCUT2D eigenvalue weighted by Crippen LogP contribution is 2.24. The summed E-state index contributed by atoms with van der Waals surface area (Å²) in [5, 5.41) is 4.19. The van der Waals surface area contributed by atoms with Crippen LogP contribution in [0, 0.1) is 0 Å². The number of hydrogen-bond donors (Lipinski definition) is 1. The van der Waals surface area contributed by atoms with Gasteiger partial charge in [-0.2, -0.15) is 5.10 Å². The normalized spacial score (nSPS) is 24.4. The second kappa shape index (κ2) is 6.88. The van der Waals surface area contributed by atoms with E-state index in [0.29, 0.717) is 12.1 Å². The molecule has 1 fully saturated rings. The van der Waals surface area contributed by atoms with Crippen molar-refractivity contribution < 1.29 is 4.79 Å². The summed E-state index contributed by atoms with van der Waals surface area (Å²) >= 11 is 0. The molecule has 0 aromatic carbocycles. The van der Waals surface area contributed by atoms with Crippen molar-refractivity contribution in [2.45, 2.75) is 64.1 Å². The Morgan fingerprint density at radius 2 is 2.15 bits per heavy atom. The van der Waals surface area contributed by atoms with Crippen molar-refractivity contribution in [1.82, 2.24) is 14.7 Å². The Bertz CT molecular complexity index is 410. The lowest BCUT2D eigenvalue weighted by Gasteiger charge is -2.37. The number of nitrogens with zero attached hydrogens (tertiary/aromatic N) is 3. The van der Waals surface area contributed by atoms with Gasteiger partial charge in [0.05, 0.1) is 0 Å². The highest BCUT2D eigenvalue weighted by molar-refractivity contribution is 5.80. The molecule has 20 heavy (non-hydrogen) atoms. The Kier molecular flexibility index (Phi) is 5.17. The lowest BCUT2D eigenvalue weighted by molar-refractivity contribution is -0.137. The molecule has 1 aromatic heterocycles. The van der Waals surface area contributed by atoms with E-state index in [2.05, 4.69) is 16.9 Å². The van der Waals surface area contributed by atoms with Crippen molar-refractivity contribution in [2.24, 2.45) is 5.73 Å². The van der Waals surface area contributed by atoms with E-state index in [4.69, 9.17) is 5.73 Å². The van der Waals surface area contributed by atoms with Gasteiger partial charge in [0.25, 0.3) is 0 Å². The van der Waals surface area contributed by atoms with E-state index in [-0.39, 0.29) is 11.9 Å². The zero-order valence-corrected chi connectivity index (χ0v) is 12.5. The molecule has 1 saturated carbocycles. The average Bonchev–Trinajstić information content (AvgIpc) is 2.98. The Morgan fingerprint density at radius 1 is 1.45 bits per heavy atom. The van der Waals surface area contributed by atoms with Crippen molar-refractivity contribution in [2.75, 3.05) is 6.54 Å². The highest BCUT2D eigenvalue weighted by Gasteiger charge is 2.30. The molecule has 1 atom stereocenters. The Labute approximate surface area is 121 Å². The smallest absolute Gasteiger partial charge is 0.247 e. The van der Waals surface area contributed by atoms with Crippen LogP contribution in [0.25, 0.3) is 0 Å². The summed E-state index contributed by atoms with van der Waals surface area (Å²) in [6.07, 6.45) is 8.65. The first-order valence-electron chi connectivity index (χ1n) is 7.68. The summed E-state index contributed by atoms with van der Waals surface area (Å²) in [6, 6.07) is 2.29. The van der Waals surface area contributed by atoms with Crippen molar-refractivity contribution >= 4 is 5.91 Å².